The Hall–Kier alpha value is -0.610. The lowest BCUT2D eigenvalue weighted by atomic mass is 9.96. The van der Waals surface area contributed by atoms with Crippen LogP contribution in [0.25, 0.3) is 0 Å². The predicted octanol–water partition coefficient (Wildman–Crippen LogP) is 2.32. The first-order valence-corrected chi connectivity index (χ1v) is 7.23. The van der Waals surface area contributed by atoms with E-state index in [-0.39, 0.29) is 0 Å². The highest BCUT2D eigenvalue weighted by atomic mass is 16.5. The molecule has 2 aliphatic carbocycles. The molecule has 18 heavy (non-hydrogen) atoms. The summed E-state index contributed by atoms with van der Waals surface area (Å²) < 4.78 is 5.78. The van der Waals surface area contributed by atoms with Crippen molar-refractivity contribution in [3.8, 4) is 0 Å². The number of nitrogens with one attached hydrogen (secondary N) is 1. The van der Waals surface area contributed by atoms with Crippen molar-refractivity contribution in [2.24, 2.45) is 0 Å². The molecule has 2 fully saturated rings. The van der Waals surface area contributed by atoms with Gasteiger partial charge in [-0.25, -0.2) is 0 Å². The molecule has 104 valence electrons. The third-order valence-electron chi connectivity index (χ3n) is 4.05. The van der Waals surface area contributed by atoms with Crippen LogP contribution in [0.1, 0.15) is 58.3 Å². The van der Waals surface area contributed by atoms with Gasteiger partial charge in [0.2, 0.25) is 0 Å². The molecule has 0 heterocycles. The number of carboxylic acid groups (broad SMARTS) is 1. The van der Waals surface area contributed by atoms with E-state index in [4.69, 9.17) is 4.74 Å². The van der Waals surface area contributed by atoms with E-state index in [2.05, 4.69) is 5.32 Å². The molecule has 1 unspecified atom stereocenters. The zero-order chi connectivity index (χ0) is 13.0. The summed E-state index contributed by atoms with van der Waals surface area (Å²) in [6.45, 7) is 2.49. The number of carboxylic acids is 1. The summed E-state index contributed by atoms with van der Waals surface area (Å²) in [5, 5.41) is 12.6. The molecule has 2 N–H and O–H groups in total. The van der Waals surface area contributed by atoms with Crippen molar-refractivity contribution >= 4 is 5.97 Å². The van der Waals surface area contributed by atoms with Crippen molar-refractivity contribution in [2.45, 2.75) is 76.0 Å². The fraction of sp³-hybridized carbons (Fsp3) is 0.929. The molecule has 0 aromatic rings. The van der Waals surface area contributed by atoms with Gasteiger partial charge >= 0.3 is 5.97 Å². The smallest absolute Gasteiger partial charge is 0.323 e. The summed E-state index contributed by atoms with van der Waals surface area (Å²) in [5.74, 6) is -0.740. The zero-order valence-electron chi connectivity index (χ0n) is 11.3. The maximum absolute atomic E-state index is 11.3. The van der Waals surface area contributed by atoms with Crippen molar-refractivity contribution in [2.75, 3.05) is 6.61 Å². The van der Waals surface area contributed by atoms with Crippen LogP contribution in [0.5, 0.6) is 0 Å². The first-order valence-electron chi connectivity index (χ1n) is 7.23. The minimum Gasteiger partial charge on any atom is -0.480 e. The minimum absolute atomic E-state index is 0.418. The van der Waals surface area contributed by atoms with Crippen LogP contribution in [0.15, 0.2) is 0 Å². The second-order valence-corrected chi connectivity index (χ2v) is 5.94. The Morgan fingerprint density at radius 2 is 2.00 bits per heavy atom. The highest BCUT2D eigenvalue weighted by Crippen LogP contribution is 2.25. The molecule has 2 aliphatic rings. The van der Waals surface area contributed by atoms with Gasteiger partial charge in [-0.05, 0) is 45.4 Å². The maximum Gasteiger partial charge on any atom is 0.323 e. The summed E-state index contributed by atoms with van der Waals surface area (Å²) in [4.78, 5) is 11.3. The SMILES string of the molecule is CC(CCCOC1CCCC1)(NC1CC1)C(=O)O. The van der Waals surface area contributed by atoms with E-state index in [0.29, 0.717) is 25.2 Å². The lowest BCUT2D eigenvalue weighted by molar-refractivity contribution is -0.144. The summed E-state index contributed by atoms with van der Waals surface area (Å²) in [6, 6.07) is 0.418. The second kappa shape index (κ2) is 6.02. The van der Waals surface area contributed by atoms with Gasteiger partial charge < -0.3 is 9.84 Å². The van der Waals surface area contributed by atoms with E-state index in [0.717, 1.165) is 19.3 Å². The highest BCUT2D eigenvalue weighted by Gasteiger charge is 2.37. The Labute approximate surface area is 109 Å². The molecule has 0 aromatic carbocycles. The number of hydrogen-bond acceptors (Lipinski definition) is 3. The first-order chi connectivity index (χ1) is 8.60. The van der Waals surface area contributed by atoms with Gasteiger partial charge in [0.05, 0.1) is 6.10 Å². The molecular weight excluding hydrogens is 230 g/mol. The average Bonchev–Trinajstić information content (AvgIpc) is 2.97. The molecule has 0 spiro atoms. The van der Waals surface area contributed by atoms with Crippen molar-refractivity contribution in [1.82, 2.24) is 5.32 Å². The van der Waals surface area contributed by atoms with E-state index >= 15 is 0 Å². The lowest BCUT2D eigenvalue weighted by Crippen LogP contribution is -2.50. The molecular formula is C14H25NO3. The second-order valence-electron chi connectivity index (χ2n) is 5.94. The normalized spacial score (nSPS) is 24.1. The summed E-state index contributed by atoms with van der Waals surface area (Å²) >= 11 is 0. The van der Waals surface area contributed by atoms with Gasteiger partial charge in [-0.15, -0.1) is 0 Å². The van der Waals surface area contributed by atoms with Gasteiger partial charge in [0.25, 0.3) is 0 Å². The molecule has 0 bridgehead atoms. The number of carbonyl (C=O) groups is 1. The van der Waals surface area contributed by atoms with Gasteiger partial charge in [-0.1, -0.05) is 12.8 Å². The molecule has 0 radical (unpaired) electrons. The Bertz CT molecular complexity index is 285. The molecule has 0 aliphatic heterocycles. The van der Waals surface area contributed by atoms with Gasteiger partial charge in [0.15, 0.2) is 0 Å². The van der Waals surface area contributed by atoms with Crippen LogP contribution in [-0.2, 0) is 9.53 Å². The van der Waals surface area contributed by atoms with Crippen molar-refractivity contribution in [3.63, 3.8) is 0 Å². The standard InChI is InChI=1S/C14H25NO3/c1-14(13(16)17,15-11-7-8-11)9-4-10-18-12-5-2-3-6-12/h11-12,15H,2-10H2,1H3,(H,16,17). The molecule has 4 heteroatoms. The Kier molecular flexibility index (Phi) is 4.62. The molecule has 0 amide bonds. The maximum atomic E-state index is 11.3. The summed E-state index contributed by atoms with van der Waals surface area (Å²) in [5.41, 5.74) is -0.778. The molecule has 4 nitrogen and oxygen atoms in total. The van der Waals surface area contributed by atoms with Crippen molar-refractivity contribution in [1.29, 1.82) is 0 Å². The highest BCUT2D eigenvalue weighted by molar-refractivity contribution is 5.78. The summed E-state index contributed by atoms with van der Waals surface area (Å²) in [6.07, 6.45) is 9.03. The van der Waals surface area contributed by atoms with E-state index < -0.39 is 11.5 Å². The van der Waals surface area contributed by atoms with E-state index in [1.54, 1.807) is 6.92 Å². The third kappa shape index (κ3) is 3.95. The van der Waals surface area contributed by atoms with Crippen LogP contribution in [0.3, 0.4) is 0 Å². The van der Waals surface area contributed by atoms with Crippen LogP contribution in [0.4, 0.5) is 0 Å². The van der Waals surface area contributed by atoms with Crippen LogP contribution < -0.4 is 5.32 Å². The molecule has 0 aromatic heterocycles. The van der Waals surface area contributed by atoms with E-state index in [1.165, 1.54) is 25.7 Å². The van der Waals surface area contributed by atoms with Crippen molar-refractivity contribution in [3.05, 3.63) is 0 Å². The summed E-state index contributed by atoms with van der Waals surface area (Å²) in [7, 11) is 0. The Balaban J connectivity index is 1.66. The zero-order valence-corrected chi connectivity index (χ0v) is 11.3. The van der Waals surface area contributed by atoms with Crippen molar-refractivity contribution < 1.29 is 14.6 Å². The van der Waals surface area contributed by atoms with Crippen LogP contribution in [0.2, 0.25) is 0 Å². The van der Waals surface area contributed by atoms with E-state index in [9.17, 15) is 9.90 Å². The fourth-order valence-electron chi connectivity index (χ4n) is 2.65. The van der Waals surface area contributed by atoms with Gasteiger partial charge in [0, 0.05) is 12.6 Å². The number of rotatable bonds is 8. The first kappa shape index (κ1) is 13.8. The van der Waals surface area contributed by atoms with Gasteiger partial charge in [0.1, 0.15) is 5.54 Å². The molecule has 2 rings (SSSR count). The predicted molar refractivity (Wildman–Crippen MR) is 69.6 cm³/mol. The largest absolute Gasteiger partial charge is 0.480 e. The quantitative estimate of drug-likeness (QED) is 0.653. The van der Waals surface area contributed by atoms with Gasteiger partial charge in [-0.3, -0.25) is 10.1 Å². The number of ether oxygens (including phenoxy) is 1. The monoisotopic (exact) mass is 255 g/mol. The van der Waals surface area contributed by atoms with Crippen LogP contribution >= 0.6 is 0 Å². The van der Waals surface area contributed by atoms with Gasteiger partial charge in [-0.2, -0.15) is 0 Å². The average molecular weight is 255 g/mol. The number of hydrogen-bond donors (Lipinski definition) is 2. The van der Waals surface area contributed by atoms with Crippen LogP contribution in [0, 0.1) is 0 Å². The molecule has 0 saturated heterocycles. The Morgan fingerprint density at radius 3 is 2.56 bits per heavy atom. The van der Waals surface area contributed by atoms with Crippen LogP contribution in [-0.4, -0.2) is 35.4 Å². The third-order valence-corrected chi connectivity index (χ3v) is 4.05. The fourth-order valence-corrected chi connectivity index (χ4v) is 2.65. The Morgan fingerprint density at radius 1 is 1.33 bits per heavy atom. The van der Waals surface area contributed by atoms with E-state index in [1.807, 2.05) is 0 Å². The topological polar surface area (TPSA) is 58.6 Å². The molecule has 2 saturated carbocycles. The minimum atomic E-state index is -0.778. The lowest BCUT2D eigenvalue weighted by Gasteiger charge is -2.26. The molecule has 1 atom stereocenters. The number of aliphatic carboxylic acids is 1.